The Morgan fingerprint density at radius 3 is 2.79 bits per heavy atom. The average molecular weight is 287 g/mol. The third-order valence-corrected chi connectivity index (χ3v) is 4.11. The van der Waals surface area contributed by atoms with Crippen LogP contribution in [0, 0.1) is 0 Å². The van der Waals surface area contributed by atoms with Crippen LogP contribution in [0.5, 0.6) is 0 Å². The second-order valence-corrected chi connectivity index (χ2v) is 5.66. The number of hydrogen-bond acceptors (Lipinski definition) is 3. The molecule has 2 aromatic carbocycles. The molecule has 0 aliphatic carbocycles. The molecule has 0 atom stereocenters. The summed E-state index contributed by atoms with van der Waals surface area (Å²) in [6.07, 6.45) is 1.77. The van der Waals surface area contributed by atoms with E-state index < -0.39 is 0 Å². The van der Waals surface area contributed by atoms with Crippen LogP contribution in [0.15, 0.2) is 64.5 Å². The second-order valence-electron chi connectivity index (χ2n) is 4.11. The largest absolute Gasteiger partial charge is 0.397 e. The van der Waals surface area contributed by atoms with Gasteiger partial charge in [-0.15, -0.1) is 0 Å². The Hall–Kier alpha value is -1.71. The number of halogens is 1. The van der Waals surface area contributed by atoms with Crippen molar-refractivity contribution in [2.24, 2.45) is 0 Å². The van der Waals surface area contributed by atoms with E-state index in [1.54, 1.807) is 18.0 Å². The van der Waals surface area contributed by atoms with E-state index in [-0.39, 0.29) is 0 Å². The number of pyridine rings is 1. The fraction of sp³-hybridized carbons (Fsp3) is 0. The van der Waals surface area contributed by atoms with Crippen LogP contribution in [0.3, 0.4) is 0 Å². The molecule has 0 saturated carbocycles. The summed E-state index contributed by atoms with van der Waals surface area (Å²) in [7, 11) is 0. The summed E-state index contributed by atoms with van der Waals surface area (Å²) in [6.45, 7) is 0. The van der Waals surface area contributed by atoms with Gasteiger partial charge >= 0.3 is 0 Å². The Balaban J connectivity index is 2.04. The normalized spacial score (nSPS) is 10.8. The molecule has 0 saturated heterocycles. The molecule has 2 N–H and O–H groups in total. The maximum absolute atomic E-state index is 6.21. The van der Waals surface area contributed by atoms with Crippen LogP contribution in [0.25, 0.3) is 10.9 Å². The molecule has 0 aliphatic heterocycles. The van der Waals surface area contributed by atoms with Crippen molar-refractivity contribution >= 4 is 40.0 Å². The van der Waals surface area contributed by atoms with Crippen LogP contribution in [-0.4, -0.2) is 4.98 Å². The first-order valence-corrected chi connectivity index (χ1v) is 7.00. The van der Waals surface area contributed by atoms with Gasteiger partial charge in [-0.25, -0.2) is 0 Å². The van der Waals surface area contributed by atoms with E-state index in [1.165, 1.54) is 0 Å². The van der Waals surface area contributed by atoms with Crippen LogP contribution >= 0.6 is 23.4 Å². The van der Waals surface area contributed by atoms with Crippen molar-refractivity contribution in [1.29, 1.82) is 0 Å². The van der Waals surface area contributed by atoms with Crippen LogP contribution in [0.1, 0.15) is 0 Å². The van der Waals surface area contributed by atoms with E-state index in [9.17, 15) is 0 Å². The topological polar surface area (TPSA) is 38.9 Å². The summed E-state index contributed by atoms with van der Waals surface area (Å²) in [5.74, 6) is 0. The number of nitrogens with zero attached hydrogens (tertiary/aromatic N) is 1. The Bertz CT molecular complexity index is 743. The van der Waals surface area contributed by atoms with Gasteiger partial charge < -0.3 is 5.73 Å². The van der Waals surface area contributed by atoms with Crippen molar-refractivity contribution in [2.45, 2.75) is 9.79 Å². The lowest BCUT2D eigenvalue weighted by Crippen LogP contribution is -1.91. The fourth-order valence-electron chi connectivity index (χ4n) is 1.90. The van der Waals surface area contributed by atoms with Crippen molar-refractivity contribution in [2.75, 3.05) is 5.73 Å². The molecule has 2 nitrogen and oxygen atoms in total. The zero-order chi connectivity index (χ0) is 13.2. The Kier molecular flexibility index (Phi) is 3.32. The zero-order valence-electron chi connectivity index (χ0n) is 10.0. The standard InChI is InChI=1S/C15H11ClN2S/c16-10-3-1-4-11(9-10)19-14-7-6-13-12(15(14)17)5-2-8-18-13/h1-9H,17H2. The Labute approximate surface area is 120 Å². The summed E-state index contributed by atoms with van der Waals surface area (Å²) in [4.78, 5) is 6.38. The molecule has 3 rings (SSSR count). The maximum atomic E-state index is 6.21. The van der Waals surface area contributed by atoms with E-state index in [0.717, 1.165) is 31.4 Å². The highest BCUT2D eigenvalue weighted by Gasteiger charge is 2.06. The summed E-state index contributed by atoms with van der Waals surface area (Å²) >= 11 is 7.60. The summed E-state index contributed by atoms with van der Waals surface area (Å²) < 4.78 is 0. The molecule has 0 amide bonds. The molecule has 3 aromatic rings. The molecule has 0 aliphatic rings. The predicted octanol–water partition coefficient (Wildman–Crippen LogP) is 4.62. The minimum Gasteiger partial charge on any atom is -0.397 e. The molecular formula is C15H11ClN2S. The monoisotopic (exact) mass is 286 g/mol. The van der Waals surface area contributed by atoms with E-state index in [2.05, 4.69) is 4.98 Å². The highest BCUT2D eigenvalue weighted by Crippen LogP contribution is 2.36. The third-order valence-electron chi connectivity index (χ3n) is 2.81. The fourth-order valence-corrected chi connectivity index (χ4v) is 3.10. The summed E-state index contributed by atoms with van der Waals surface area (Å²) in [5.41, 5.74) is 7.88. The van der Waals surface area contributed by atoms with Gasteiger partial charge in [0.25, 0.3) is 0 Å². The molecule has 0 spiro atoms. The third kappa shape index (κ3) is 2.53. The first-order valence-electron chi connectivity index (χ1n) is 5.81. The molecule has 19 heavy (non-hydrogen) atoms. The van der Waals surface area contributed by atoms with Crippen molar-refractivity contribution in [3.63, 3.8) is 0 Å². The smallest absolute Gasteiger partial charge is 0.0723 e. The minimum atomic E-state index is 0.728. The molecule has 1 aromatic heterocycles. The molecule has 0 radical (unpaired) electrons. The van der Waals surface area contributed by atoms with Crippen molar-refractivity contribution in [3.8, 4) is 0 Å². The number of rotatable bonds is 2. The van der Waals surface area contributed by atoms with Gasteiger partial charge in [-0.05, 0) is 42.5 Å². The van der Waals surface area contributed by atoms with E-state index in [0.29, 0.717) is 0 Å². The van der Waals surface area contributed by atoms with E-state index in [4.69, 9.17) is 17.3 Å². The number of benzene rings is 2. The highest BCUT2D eigenvalue weighted by atomic mass is 35.5. The van der Waals surface area contributed by atoms with Gasteiger partial charge in [0.2, 0.25) is 0 Å². The molecule has 0 bridgehead atoms. The van der Waals surface area contributed by atoms with Gasteiger partial charge in [-0.1, -0.05) is 29.4 Å². The van der Waals surface area contributed by atoms with Crippen molar-refractivity contribution in [1.82, 2.24) is 4.98 Å². The van der Waals surface area contributed by atoms with Crippen LogP contribution in [-0.2, 0) is 0 Å². The second kappa shape index (κ2) is 5.11. The quantitative estimate of drug-likeness (QED) is 0.699. The van der Waals surface area contributed by atoms with E-state index in [1.807, 2.05) is 48.5 Å². The van der Waals surface area contributed by atoms with Crippen molar-refractivity contribution in [3.05, 3.63) is 59.8 Å². The van der Waals surface area contributed by atoms with Crippen molar-refractivity contribution < 1.29 is 0 Å². The Morgan fingerprint density at radius 1 is 1.05 bits per heavy atom. The van der Waals surface area contributed by atoms with Gasteiger partial charge in [0, 0.05) is 26.4 Å². The molecule has 1 heterocycles. The maximum Gasteiger partial charge on any atom is 0.0723 e. The molecule has 0 fully saturated rings. The number of nitrogens with two attached hydrogens (primary N) is 1. The van der Waals surface area contributed by atoms with E-state index >= 15 is 0 Å². The first-order chi connectivity index (χ1) is 9.24. The highest BCUT2D eigenvalue weighted by molar-refractivity contribution is 7.99. The van der Waals surface area contributed by atoms with Gasteiger partial charge in [-0.2, -0.15) is 0 Å². The number of nitrogen functional groups attached to an aromatic ring is 1. The number of anilines is 1. The van der Waals surface area contributed by atoms with Gasteiger partial charge in [0.15, 0.2) is 0 Å². The van der Waals surface area contributed by atoms with Crippen LogP contribution < -0.4 is 5.73 Å². The van der Waals surface area contributed by atoms with Crippen LogP contribution in [0.4, 0.5) is 5.69 Å². The first kappa shape index (κ1) is 12.3. The summed E-state index contributed by atoms with van der Waals surface area (Å²) in [6, 6.07) is 15.6. The SMILES string of the molecule is Nc1c(Sc2cccc(Cl)c2)ccc2ncccc12. The molecular weight excluding hydrogens is 276 g/mol. The van der Waals surface area contributed by atoms with Gasteiger partial charge in [0.1, 0.15) is 0 Å². The predicted molar refractivity (Wildman–Crippen MR) is 81.7 cm³/mol. The Morgan fingerprint density at radius 2 is 1.95 bits per heavy atom. The number of hydrogen-bond donors (Lipinski definition) is 1. The number of fused-ring (bicyclic) bond motifs is 1. The number of aromatic nitrogens is 1. The van der Waals surface area contributed by atoms with Crippen LogP contribution in [0.2, 0.25) is 5.02 Å². The van der Waals surface area contributed by atoms with Gasteiger partial charge in [-0.3, -0.25) is 4.98 Å². The summed E-state index contributed by atoms with van der Waals surface area (Å²) in [5, 5.41) is 1.71. The molecule has 4 heteroatoms. The lowest BCUT2D eigenvalue weighted by molar-refractivity contribution is 1.38. The zero-order valence-corrected chi connectivity index (χ0v) is 11.6. The lowest BCUT2D eigenvalue weighted by Gasteiger charge is -2.08. The average Bonchev–Trinajstić information content (AvgIpc) is 2.42. The van der Waals surface area contributed by atoms with Gasteiger partial charge in [0.05, 0.1) is 11.2 Å². The minimum absolute atomic E-state index is 0.728. The molecule has 0 unspecified atom stereocenters. The molecule has 94 valence electrons. The lowest BCUT2D eigenvalue weighted by atomic mass is 10.2.